The molecule has 0 amide bonds. The van der Waals surface area contributed by atoms with Crippen LogP contribution in [-0.4, -0.2) is 72.2 Å². The van der Waals surface area contributed by atoms with E-state index in [2.05, 4.69) is 24.1 Å². The molecule has 6 atom stereocenters. The topological polar surface area (TPSA) is 88.5 Å². The lowest BCUT2D eigenvalue weighted by Crippen LogP contribution is -2.65. The minimum atomic E-state index is -0.925. The average molecular weight is 401 g/mol. The molecule has 0 saturated carbocycles. The van der Waals surface area contributed by atoms with E-state index in [0.29, 0.717) is 17.5 Å². The quantitative estimate of drug-likeness (QED) is 0.429. The average Bonchev–Trinajstić information content (AvgIpc) is 3.05. The summed E-state index contributed by atoms with van der Waals surface area (Å²) in [6.07, 6.45) is 4.60. The Bertz CT molecular complexity index is 869. The number of ether oxygens (including phenoxy) is 3. The number of carbonyl (C=O) groups excluding carboxylic acids is 1. The van der Waals surface area contributed by atoms with E-state index in [-0.39, 0.29) is 42.7 Å². The first-order chi connectivity index (χ1) is 14.0. The first-order valence-corrected chi connectivity index (χ1v) is 10.3. The SMILES string of the molecule is CC(=O)Oc1ccc2c3c1OC1C(OC[C@H](O)CO)C=C[C@H]4[C@@H](C2)N(C)CC[C@]314. The number of likely N-dealkylation sites (N-methyl/N-ethyl adjacent to an activating group) is 1. The van der Waals surface area contributed by atoms with Gasteiger partial charge < -0.3 is 29.3 Å². The molecular weight excluding hydrogens is 374 g/mol. The summed E-state index contributed by atoms with van der Waals surface area (Å²) in [6, 6.07) is 4.28. The second-order valence-corrected chi connectivity index (χ2v) is 8.65. The van der Waals surface area contributed by atoms with E-state index < -0.39 is 6.10 Å². The maximum atomic E-state index is 11.6. The van der Waals surface area contributed by atoms with E-state index in [4.69, 9.17) is 19.3 Å². The Morgan fingerprint density at radius 1 is 1.41 bits per heavy atom. The van der Waals surface area contributed by atoms with Crippen LogP contribution in [0.4, 0.5) is 0 Å². The number of piperidine rings is 1. The first kappa shape index (κ1) is 19.1. The van der Waals surface area contributed by atoms with Crippen molar-refractivity contribution in [1.29, 1.82) is 0 Å². The van der Waals surface area contributed by atoms with Crippen LogP contribution in [0.25, 0.3) is 0 Å². The van der Waals surface area contributed by atoms with Crippen molar-refractivity contribution in [2.75, 3.05) is 26.8 Å². The highest BCUT2D eigenvalue weighted by Gasteiger charge is 2.64. The fourth-order valence-electron chi connectivity index (χ4n) is 5.86. The minimum Gasteiger partial charge on any atom is -0.482 e. The number of likely N-dealkylation sites (tertiary alicyclic amines) is 1. The van der Waals surface area contributed by atoms with Crippen molar-refractivity contribution in [2.45, 2.75) is 49.5 Å². The Labute approximate surface area is 169 Å². The van der Waals surface area contributed by atoms with Crippen LogP contribution in [0, 0.1) is 5.92 Å². The standard InChI is InChI=1S/C22H27NO6/c1-12(25)28-17-5-3-13-9-16-15-4-6-18(27-11-14(26)10-24)21-22(15,7-8-23(16)2)19(13)20(17)29-21/h3-6,14-16,18,21,24,26H,7-11H2,1-2H3/t14-,15+,16-,18?,21?,22+/m1/s1. The smallest absolute Gasteiger partial charge is 0.308 e. The van der Waals surface area contributed by atoms with Crippen LogP contribution in [0.1, 0.15) is 24.5 Å². The molecule has 156 valence electrons. The zero-order chi connectivity index (χ0) is 20.3. The molecule has 2 aliphatic carbocycles. The summed E-state index contributed by atoms with van der Waals surface area (Å²) in [5, 5.41) is 18.9. The van der Waals surface area contributed by atoms with E-state index >= 15 is 0 Å². The maximum Gasteiger partial charge on any atom is 0.308 e. The van der Waals surface area contributed by atoms with Crippen LogP contribution in [0.15, 0.2) is 24.3 Å². The van der Waals surface area contributed by atoms with E-state index in [1.165, 1.54) is 12.5 Å². The predicted molar refractivity (Wildman–Crippen MR) is 104 cm³/mol. The molecule has 1 aromatic rings. The highest BCUT2D eigenvalue weighted by atomic mass is 16.6. The van der Waals surface area contributed by atoms with Crippen LogP contribution in [0.5, 0.6) is 11.5 Å². The van der Waals surface area contributed by atoms with Crippen molar-refractivity contribution in [3.05, 3.63) is 35.4 Å². The van der Waals surface area contributed by atoms with Gasteiger partial charge in [-0.2, -0.15) is 0 Å². The summed E-state index contributed by atoms with van der Waals surface area (Å²) >= 11 is 0. The number of aliphatic hydroxyl groups is 2. The molecule has 2 heterocycles. The van der Waals surface area contributed by atoms with Crippen molar-refractivity contribution in [1.82, 2.24) is 4.90 Å². The largest absolute Gasteiger partial charge is 0.482 e. The third kappa shape index (κ3) is 2.68. The van der Waals surface area contributed by atoms with Gasteiger partial charge in [-0.15, -0.1) is 0 Å². The number of benzene rings is 1. The Balaban J connectivity index is 1.61. The lowest BCUT2D eigenvalue weighted by atomic mass is 9.53. The molecule has 0 radical (unpaired) electrons. The summed E-state index contributed by atoms with van der Waals surface area (Å²) in [5.41, 5.74) is 2.17. The van der Waals surface area contributed by atoms with E-state index in [1.54, 1.807) is 0 Å². The molecule has 1 aromatic carbocycles. The second-order valence-electron chi connectivity index (χ2n) is 8.65. The van der Waals surface area contributed by atoms with Crippen molar-refractivity contribution >= 4 is 5.97 Å². The molecule has 1 saturated heterocycles. The van der Waals surface area contributed by atoms with Gasteiger partial charge in [0.2, 0.25) is 0 Å². The van der Waals surface area contributed by atoms with Gasteiger partial charge in [0, 0.05) is 29.9 Å². The zero-order valence-electron chi connectivity index (χ0n) is 16.7. The summed E-state index contributed by atoms with van der Waals surface area (Å²) in [6.45, 7) is 2.04. The van der Waals surface area contributed by atoms with E-state index in [0.717, 1.165) is 24.9 Å². The van der Waals surface area contributed by atoms with Gasteiger partial charge in [0.05, 0.1) is 13.2 Å². The van der Waals surface area contributed by atoms with Crippen molar-refractivity contribution in [2.24, 2.45) is 5.92 Å². The molecule has 5 rings (SSSR count). The number of esters is 1. The third-order valence-electron chi connectivity index (χ3n) is 7.06. The van der Waals surface area contributed by atoms with Crippen molar-refractivity contribution in [3.63, 3.8) is 0 Å². The van der Waals surface area contributed by atoms with Crippen molar-refractivity contribution in [3.8, 4) is 11.5 Å². The van der Waals surface area contributed by atoms with Crippen LogP contribution >= 0.6 is 0 Å². The zero-order valence-corrected chi connectivity index (χ0v) is 16.7. The van der Waals surface area contributed by atoms with Gasteiger partial charge in [0.25, 0.3) is 0 Å². The molecular formula is C22H27NO6. The fourth-order valence-corrected chi connectivity index (χ4v) is 5.86. The lowest BCUT2D eigenvalue weighted by Gasteiger charge is -2.56. The summed E-state index contributed by atoms with van der Waals surface area (Å²) in [5.74, 6) is 1.04. The van der Waals surface area contributed by atoms with Gasteiger partial charge >= 0.3 is 5.97 Å². The van der Waals surface area contributed by atoms with Gasteiger partial charge in [-0.05, 0) is 38.1 Å². The highest BCUT2D eigenvalue weighted by Crippen LogP contribution is 2.62. The molecule has 29 heavy (non-hydrogen) atoms. The fraction of sp³-hybridized carbons (Fsp3) is 0.591. The summed E-state index contributed by atoms with van der Waals surface area (Å²) in [4.78, 5) is 14.1. The maximum absolute atomic E-state index is 11.6. The number of rotatable bonds is 5. The van der Waals surface area contributed by atoms with Crippen LogP contribution in [-0.2, 0) is 21.4 Å². The summed E-state index contributed by atoms with van der Waals surface area (Å²) in [7, 11) is 2.18. The van der Waals surface area contributed by atoms with Crippen LogP contribution in [0.2, 0.25) is 0 Å². The van der Waals surface area contributed by atoms with Gasteiger partial charge in [0.1, 0.15) is 18.3 Å². The molecule has 2 aliphatic heterocycles. The minimum absolute atomic E-state index is 0.0372. The molecule has 2 N–H and O–H groups in total. The summed E-state index contributed by atoms with van der Waals surface area (Å²) < 4.78 is 18.0. The Kier molecular flexibility index (Phi) is 4.47. The van der Waals surface area contributed by atoms with Crippen molar-refractivity contribution < 1.29 is 29.2 Å². The van der Waals surface area contributed by atoms with Crippen LogP contribution in [0.3, 0.4) is 0 Å². The molecule has 7 heteroatoms. The Morgan fingerprint density at radius 3 is 3.00 bits per heavy atom. The Morgan fingerprint density at radius 2 is 2.24 bits per heavy atom. The van der Waals surface area contributed by atoms with Gasteiger partial charge in [0.15, 0.2) is 11.5 Å². The molecule has 1 spiro atoms. The first-order valence-electron chi connectivity index (χ1n) is 10.3. The van der Waals surface area contributed by atoms with Crippen LogP contribution < -0.4 is 9.47 Å². The molecule has 0 aromatic heterocycles. The third-order valence-corrected chi connectivity index (χ3v) is 7.06. The lowest BCUT2D eigenvalue weighted by molar-refractivity contribution is -0.132. The molecule has 2 bridgehead atoms. The monoisotopic (exact) mass is 401 g/mol. The van der Waals surface area contributed by atoms with Gasteiger partial charge in [-0.3, -0.25) is 4.79 Å². The normalized spacial score (nSPS) is 35.0. The molecule has 1 fully saturated rings. The number of aliphatic hydroxyl groups excluding tert-OH is 2. The van der Waals surface area contributed by atoms with E-state index in [9.17, 15) is 9.90 Å². The number of hydrogen-bond donors (Lipinski definition) is 2. The number of hydrogen-bond acceptors (Lipinski definition) is 7. The molecule has 7 nitrogen and oxygen atoms in total. The number of carbonyl (C=O) groups is 1. The Hall–Kier alpha value is -1.93. The second kappa shape index (κ2) is 6.80. The number of nitrogens with zero attached hydrogens (tertiary/aromatic N) is 1. The molecule has 2 unspecified atom stereocenters. The predicted octanol–water partition coefficient (Wildman–Crippen LogP) is 0.795. The van der Waals surface area contributed by atoms with Gasteiger partial charge in [-0.1, -0.05) is 18.2 Å². The van der Waals surface area contributed by atoms with E-state index in [1.807, 2.05) is 12.1 Å². The highest BCUT2D eigenvalue weighted by molar-refractivity contribution is 5.72. The van der Waals surface area contributed by atoms with Gasteiger partial charge in [-0.25, -0.2) is 0 Å². The molecule has 4 aliphatic rings.